The van der Waals surface area contributed by atoms with Crippen molar-refractivity contribution in [1.82, 2.24) is 9.88 Å². The number of fused-ring (bicyclic) bond motifs is 4. The number of hydrogen-bond acceptors (Lipinski definition) is 4. The van der Waals surface area contributed by atoms with Crippen LogP contribution in [-0.2, 0) is 5.41 Å². The van der Waals surface area contributed by atoms with Gasteiger partial charge in [-0.05, 0) is 68.1 Å². The van der Waals surface area contributed by atoms with E-state index in [1.54, 1.807) is 0 Å². The predicted molar refractivity (Wildman–Crippen MR) is 134 cm³/mol. The van der Waals surface area contributed by atoms with Crippen LogP contribution in [-0.4, -0.2) is 54.1 Å². The first kappa shape index (κ1) is 20.7. The van der Waals surface area contributed by atoms with Crippen LogP contribution >= 0.6 is 0 Å². The van der Waals surface area contributed by atoms with Gasteiger partial charge in [0.2, 0.25) is 0 Å². The molecule has 2 fully saturated rings. The lowest BCUT2D eigenvalue weighted by Crippen LogP contribution is -2.39. The van der Waals surface area contributed by atoms with Crippen molar-refractivity contribution in [1.29, 1.82) is 5.41 Å². The van der Waals surface area contributed by atoms with Gasteiger partial charge in [0.1, 0.15) is 0 Å². The highest BCUT2D eigenvalue weighted by Crippen LogP contribution is 2.45. The molecule has 0 bridgehead atoms. The molecular weight excluding hydrogens is 408 g/mol. The van der Waals surface area contributed by atoms with Crippen molar-refractivity contribution in [2.75, 3.05) is 31.1 Å². The van der Waals surface area contributed by atoms with Crippen molar-refractivity contribution < 1.29 is 4.79 Å². The first-order valence-electron chi connectivity index (χ1n) is 12.3. The summed E-state index contributed by atoms with van der Waals surface area (Å²) in [6.07, 6.45) is 6.45. The van der Waals surface area contributed by atoms with Gasteiger partial charge in [-0.1, -0.05) is 32.0 Å². The second kappa shape index (κ2) is 7.56. The van der Waals surface area contributed by atoms with Gasteiger partial charge in [0, 0.05) is 58.6 Å². The lowest BCUT2D eigenvalue weighted by Gasteiger charge is -2.34. The number of nitrogens with zero attached hydrogens (tertiary/aromatic N) is 2. The molecule has 2 saturated heterocycles. The minimum absolute atomic E-state index is 0.116. The maximum atomic E-state index is 13.9. The Balaban J connectivity index is 1.41. The Morgan fingerprint density at radius 1 is 1.09 bits per heavy atom. The van der Waals surface area contributed by atoms with Crippen LogP contribution in [0.5, 0.6) is 0 Å². The largest absolute Gasteiger partial charge is 0.367 e. The number of rotatable bonds is 4. The highest BCUT2D eigenvalue weighted by atomic mass is 16.1. The maximum absolute atomic E-state index is 13.9. The number of carbonyl (C=O) groups is 1. The van der Waals surface area contributed by atoms with Gasteiger partial charge >= 0.3 is 0 Å². The molecule has 0 amide bonds. The Morgan fingerprint density at radius 3 is 2.70 bits per heavy atom. The van der Waals surface area contributed by atoms with Crippen molar-refractivity contribution in [3.05, 3.63) is 64.3 Å². The summed E-state index contributed by atoms with van der Waals surface area (Å²) in [5, 5.41) is 8.54. The zero-order chi connectivity index (χ0) is 22.7. The number of hydrogen-bond donors (Lipinski definition) is 2. The lowest BCUT2D eigenvalue weighted by atomic mass is 9.71. The number of aromatic nitrogens is 1. The van der Waals surface area contributed by atoms with E-state index in [0.717, 1.165) is 51.9 Å². The lowest BCUT2D eigenvalue weighted by molar-refractivity contribution is 0.103. The SMILES string of the molecule is CC1(C)c2ccc(N3CCC[C@H]3CN3CCCC3)cc2C(=O)c2c1[nH]c1cc(C=N)ccc21. The molecule has 1 aliphatic carbocycles. The summed E-state index contributed by atoms with van der Waals surface area (Å²) >= 11 is 0. The van der Waals surface area contributed by atoms with Crippen molar-refractivity contribution in [2.24, 2.45) is 0 Å². The van der Waals surface area contributed by atoms with Gasteiger partial charge in [0.25, 0.3) is 0 Å². The van der Waals surface area contributed by atoms with E-state index in [0.29, 0.717) is 6.04 Å². The highest BCUT2D eigenvalue weighted by molar-refractivity contribution is 6.20. The van der Waals surface area contributed by atoms with Crippen molar-refractivity contribution in [3.63, 3.8) is 0 Å². The fourth-order valence-electron chi connectivity index (χ4n) is 6.35. The minimum atomic E-state index is -0.291. The molecule has 5 nitrogen and oxygen atoms in total. The van der Waals surface area contributed by atoms with Crippen molar-refractivity contribution in [3.8, 4) is 0 Å². The molecule has 0 radical (unpaired) electrons. The van der Waals surface area contributed by atoms with E-state index in [1.165, 1.54) is 50.7 Å². The van der Waals surface area contributed by atoms with Crippen LogP contribution in [0.1, 0.15) is 72.3 Å². The highest BCUT2D eigenvalue weighted by Gasteiger charge is 2.40. The Kier molecular flexibility index (Phi) is 4.73. The normalized spacial score (nSPS) is 22.1. The molecule has 0 spiro atoms. The Labute approximate surface area is 195 Å². The number of aromatic amines is 1. The number of likely N-dealkylation sites (tertiary alicyclic amines) is 1. The second-order valence-electron chi connectivity index (χ2n) is 10.5. The maximum Gasteiger partial charge on any atom is 0.195 e. The third-order valence-electron chi connectivity index (χ3n) is 8.14. The van der Waals surface area contributed by atoms with Crippen LogP contribution in [0.15, 0.2) is 36.4 Å². The van der Waals surface area contributed by atoms with Crippen LogP contribution < -0.4 is 4.90 Å². The number of carbonyl (C=O) groups excluding carboxylic acids is 1. The average Bonchev–Trinajstić information content (AvgIpc) is 3.57. The molecule has 3 heterocycles. The molecule has 2 N–H and O–H groups in total. The summed E-state index contributed by atoms with van der Waals surface area (Å²) in [6.45, 7) is 9.07. The van der Waals surface area contributed by atoms with E-state index in [1.807, 2.05) is 18.2 Å². The molecule has 2 aromatic carbocycles. The molecule has 3 aliphatic rings. The Bertz CT molecular complexity index is 1260. The molecule has 33 heavy (non-hydrogen) atoms. The fourth-order valence-corrected chi connectivity index (χ4v) is 6.35. The molecule has 1 aromatic heterocycles. The van der Waals surface area contributed by atoms with Crippen LogP contribution in [0.4, 0.5) is 5.69 Å². The van der Waals surface area contributed by atoms with Crippen molar-refractivity contribution in [2.45, 2.75) is 51.0 Å². The van der Waals surface area contributed by atoms with Crippen LogP contribution in [0.2, 0.25) is 0 Å². The minimum Gasteiger partial charge on any atom is -0.367 e. The first-order valence-corrected chi connectivity index (χ1v) is 12.3. The fraction of sp³-hybridized carbons (Fsp3) is 0.429. The smallest absolute Gasteiger partial charge is 0.195 e. The zero-order valence-corrected chi connectivity index (χ0v) is 19.6. The number of H-pyrrole nitrogens is 1. The summed E-state index contributed by atoms with van der Waals surface area (Å²) in [7, 11) is 0. The standard InChI is InChI=1S/C28H32N4O/c1-28(2)23-10-8-19(32-13-5-6-20(32)17-31-11-3-4-12-31)15-22(23)26(33)25-21-9-7-18(16-29)14-24(21)30-27(25)28/h7-10,14-16,20,29-30H,3-6,11-13,17H2,1-2H3/t20-/m0/s1. The molecule has 5 heteroatoms. The van der Waals surface area contributed by atoms with Gasteiger partial charge in [-0.15, -0.1) is 0 Å². The summed E-state index contributed by atoms with van der Waals surface area (Å²) in [6, 6.07) is 13.0. The zero-order valence-electron chi connectivity index (χ0n) is 19.6. The number of benzene rings is 2. The molecule has 0 unspecified atom stereocenters. The van der Waals surface area contributed by atoms with E-state index in [2.05, 4.69) is 46.8 Å². The van der Waals surface area contributed by atoms with Gasteiger partial charge in [-0.2, -0.15) is 0 Å². The Hall–Kier alpha value is -2.92. The summed E-state index contributed by atoms with van der Waals surface area (Å²) in [5.74, 6) is 0.116. The third kappa shape index (κ3) is 3.17. The van der Waals surface area contributed by atoms with E-state index in [4.69, 9.17) is 5.41 Å². The van der Waals surface area contributed by atoms with Gasteiger partial charge in [-0.3, -0.25) is 4.79 Å². The van der Waals surface area contributed by atoms with E-state index in [-0.39, 0.29) is 11.2 Å². The second-order valence-corrected chi connectivity index (χ2v) is 10.5. The van der Waals surface area contributed by atoms with Gasteiger partial charge in [0.15, 0.2) is 5.78 Å². The van der Waals surface area contributed by atoms with Gasteiger partial charge in [0.05, 0.1) is 5.56 Å². The van der Waals surface area contributed by atoms with E-state index >= 15 is 0 Å². The average molecular weight is 441 g/mol. The first-order chi connectivity index (χ1) is 16.0. The summed E-state index contributed by atoms with van der Waals surface area (Å²) in [4.78, 5) is 22.5. The molecule has 3 aromatic rings. The molecule has 0 saturated carbocycles. The monoisotopic (exact) mass is 440 g/mol. The van der Waals surface area contributed by atoms with Crippen LogP contribution in [0, 0.1) is 5.41 Å². The number of anilines is 1. The number of nitrogens with one attached hydrogen (secondary N) is 2. The number of ketones is 1. The molecule has 170 valence electrons. The van der Waals surface area contributed by atoms with Crippen LogP contribution in [0.3, 0.4) is 0 Å². The molecule has 2 aliphatic heterocycles. The quantitative estimate of drug-likeness (QED) is 0.555. The van der Waals surface area contributed by atoms with Gasteiger partial charge in [-0.25, -0.2) is 0 Å². The topological polar surface area (TPSA) is 63.2 Å². The summed E-state index contributed by atoms with van der Waals surface area (Å²) in [5.41, 5.74) is 6.38. The summed E-state index contributed by atoms with van der Waals surface area (Å²) < 4.78 is 0. The van der Waals surface area contributed by atoms with E-state index in [9.17, 15) is 4.79 Å². The van der Waals surface area contributed by atoms with Crippen molar-refractivity contribution >= 4 is 28.6 Å². The van der Waals surface area contributed by atoms with Crippen LogP contribution in [0.25, 0.3) is 10.9 Å². The molecule has 1 atom stereocenters. The van der Waals surface area contributed by atoms with Gasteiger partial charge < -0.3 is 20.2 Å². The third-order valence-corrected chi connectivity index (χ3v) is 8.14. The van der Waals surface area contributed by atoms with E-state index < -0.39 is 0 Å². The Morgan fingerprint density at radius 2 is 1.91 bits per heavy atom. The molecular formula is C28H32N4O. The predicted octanol–water partition coefficient (Wildman–Crippen LogP) is 5.10. The molecule has 6 rings (SSSR count).